The third-order valence-electron chi connectivity index (χ3n) is 2.83. The molecule has 10 heteroatoms. The number of tetrazole rings is 1. The second kappa shape index (κ2) is 7.82. The molecule has 1 amide bonds. The van der Waals surface area contributed by atoms with Gasteiger partial charge in [-0.25, -0.2) is 0 Å². The molecule has 0 unspecified atom stereocenters. The molecule has 0 fully saturated rings. The van der Waals surface area contributed by atoms with E-state index in [0.29, 0.717) is 12.3 Å². The van der Waals surface area contributed by atoms with Crippen LogP contribution in [0.1, 0.15) is 19.8 Å². The third kappa shape index (κ3) is 5.02. The first-order chi connectivity index (χ1) is 11.1. The van der Waals surface area contributed by atoms with Gasteiger partial charge >= 0.3 is 0 Å². The second-order valence-electron chi connectivity index (χ2n) is 4.65. The van der Waals surface area contributed by atoms with Gasteiger partial charge < -0.3 is 4.74 Å². The predicted molar refractivity (Wildman–Crippen MR) is 79.9 cm³/mol. The van der Waals surface area contributed by atoms with Gasteiger partial charge in [-0.15, -0.1) is 5.10 Å². The topological polar surface area (TPSA) is 125 Å². The van der Waals surface area contributed by atoms with Gasteiger partial charge in [0.15, 0.2) is 6.61 Å². The van der Waals surface area contributed by atoms with Crippen LogP contribution in [0.4, 0.5) is 11.6 Å². The highest BCUT2D eigenvalue weighted by atomic mass is 16.6. The van der Waals surface area contributed by atoms with Crippen LogP contribution >= 0.6 is 0 Å². The number of nitrogens with one attached hydrogen (secondary N) is 1. The van der Waals surface area contributed by atoms with Crippen LogP contribution in [-0.4, -0.2) is 37.6 Å². The van der Waals surface area contributed by atoms with Crippen LogP contribution in [0.2, 0.25) is 0 Å². The molecule has 0 aliphatic rings. The third-order valence-corrected chi connectivity index (χ3v) is 2.83. The van der Waals surface area contributed by atoms with Crippen molar-refractivity contribution >= 4 is 17.5 Å². The van der Waals surface area contributed by atoms with Gasteiger partial charge in [0.1, 0.15) is 5.75 Å². The van der Waals surface area contributed by atoms with Gasteiger partial charge in [0.2, 0.25) is 0 Å². The fourth-order valence-electron chi connectivity index (χ4n) is 1.66. The van der Waals surface area contributed by atoms with Crippen molar-refractivity contribution in [2.45, 2.75) is 26.3 Å². The SMILES string of the molecule is CCCCn1nnc(NC(=O)COc2ccc([N+](=O)[O-])cc2)n1. The first kappa shape index (κ1) is 16.3. The molecule has 0 bridgehead atoms. The molecule has 0 aliphatic heterocycles. The normalized spacial score (nSPS) is 10.3. The van der Waals surface area contributed by atoms with Crippen molar-refractivity contribution < 1.29 is 14.5 Å². The minimum Gasteiger partial charge on any atom is -0.484 e. The maximum absolute atomic E-state index is 11.7. The monoisotopic (exact) mass is 320 g/mol. The average molecular weight is 320 g/mol. The average Bonchev–Trinajstić information content (AvgIpc) is 2.98. The Morgan fingerprint density at radius 3 is 2.78 bits per heavy atom. The van der Waals surface area contributed by atoms with Crippen LogP contribution in [-0.2, 0) is 11.3 Å². The van der Waals surface area contributed by atoms with Crippen molar-refractivity contribution in [3.63, 3.8) is 0 Å². The van der Waals surface area contributed by atoms with Gasteiger partial charge in [-0.2, -0.15) is 4.80 Å². The highest BCUT2D eigenvalue weighted by molar-refractivity contribution is 5.90. The van der Waals surface area contributed by atoms with E-state index in [9.17, 15) is 14.9 Å². The van der Waals surface area contributed by atoms with Crippen molar-refractivity contribution in [1.82, 2.24) is 20.2 Å². The van der Waals surface area contributed by atoms with E-state index in [1.807, 2.05) is 0 Å². The van der Waals surface area contributed by atoms with Crippen LogP contribution in [0.25, 0.3) is 0 Å². The zero-order valence-corrected chi connectivity index (χ0v) is 12.5. The van der Waals surface area contributed by atoms with Crippen LogP contribution in [0.5, 0.6) is 5.75 Å². The largest absolute Gasteiger partial charge is 0.484 e. The van der Waals surface area contributed by atoms with Crippen LogP contribution in [0.3, 0.4) is 0 Å². The number of nitro benzene ring substituents is 1. The lowest BCUT2D eigenvalue weighted by Crippen LogP contribution is -2.21. The lowest BCUT2D eigenvalue weighted by atomic mass is 10.3. The minimum atomic E-state index is -0.510. The highest BCUT2D eigenvalue weighted by Crippen LogP contribution is 2.17. The van der Waals surface area contributed by atoms with Crippen LogP contribution in [0.15, 0.2) is 24.3 Å². The number of carbonyl (C=O) groups excluding carboxylic acids is 1. The van der Waals surface area contributed by atoms with Gasteiger partial charge in [0.05, 0.1) is 11.5 Å². The summed E-state index contributed by atoms with van der Waals surface area (Å²) in [7, 11) is 0. The molecule has 10 nitrogen and oxygen atoms in total. The molecule has 1 aromatic carbocycles. The number of rotatable bonds is 8. The molecule has 2 rings (SSSR count). The van der Waals surface area contributed by atoms with E-state index in [1.165, 1.54) is 29.1 Å². The van der Waals surface area contributed by atoms with E-state index >= 15 is 0 Å². The summed E-state index contributed by atoms with van der Waals surface area (Å²) >= 11 is 0. The summed E-state index contributed by atoms with van der Waals surface area (Å²) in [4.78, 5) is 23.2. The van der Waals surface area contributed by atoms with E-state index < -0.39 is 10.8 Å². The summed E-state index contributed by atoms with van der Waals surface area (Å²) in [6.07, 6.45) is 1.93. The number of unbranched alkanes of at least 4 members (excludes halogenated alkanes) is 1. The zero-order valence-electron chi connectivity index (χ0n) is 12.5. The quantitative estimate of drug-likeness (QED) is 0.575. The number of non-ortho nitro benzene ring substituents is 1. The van der Waals surface area contributed by atoms with Gasteiger partial charge in [0.25, 0.3) is 17.5 Å². The number of aryl methyl sites for hydroxylation is 1. The molecular formula is C13H16N6O4. The van der Waals surface area contributed by atoms with E-state index in [1.54, 1.807) is 0 Å². The Bertz CT molecular complexity index is 669. The number of anilines is 1. The molecule has 0 saturated carbocycles. The molecule has 0 spiro atoms. The number of hydrogen-bond acceptors (Lipinski definition) is 7. The molecule has 122 valence electrons. The number of ether oxygens (including phenoxy) is 1. The van der Waals surface area contributed by atoms with Crippen molar-refractivity contribution in [3.05, 3.63) is 34.4 Å². The van der Waals surface area contributed by atoms with Gasteiger partial charge in [-0.3, -0.25) is 20.2 Å². The van der Waals surface area contributed by atoms with E-state index in [-0.39, 0.29) is 18.2 Å². The number of benzene rings is 1. The lowest BCUT2D eigenvalue weighted by Gasteiger charge is -2.04. The maximum atomic E-state index is 11.7. The molecule has 1 heterocycles. The standard InChI is InChI=1S/C13H16N6O4/c1-2-3-8-18-16-13(15-17-18)14-12(20)9-23-11-6-4-10(5-7-11)19(21)22/h4-7H,2-3,8-9H2,1H3,(H,14,16,20). The molecule has 0 saturated heterocycles. The summed E-state index contributed by atoms with van der Waals surface area (Å²) in [5.74, 6) is 0.0158. The number of aromatic nitrogens is 4. The number of nitrogens with zero attached hydrogens (tertiary/aromatic N) is 5. The molecule has 0 radical (unpaired) electrons. The van der Waals surface area contributed by atoms with E-state index in [0.717, 1.165) is 12.8 Å². The Hall–Kier alpha value is -3.04. The molecule has 0 aliphatic carbocycles. The zero-order chi connectivity index (χ0) is 16.7. The van der Waals surface area contributed by atoms with Crippen molar-refractivity contribution in [1.29, 1.82) is 0 Å². The summed E-state index contributed by atoms with van der Waals surface area (Å²) in [5, 5.41) is 24.5. The fourth-order valence-corrected chi connectivity index (χ4v) is 1.66. The van der Waals surface area contributed by atoms with Crippen molar-refractivity contribution in [3.8, 4) is 5.75 Å². The van der Waals surface area contributed by atoms with Crippen LogP contribution < -0.4 is 10.1 Å². The number of amides is 1. The first-order valence-corrected chi connectivity index (χ1v) is 7.03. The van der Waals surface area contributed by atoms with Gasteiger partial charge in [0, 0.05) is 12.1 Å². The molecule has 1 N–H and O–H groups in total. The number of hydrogen-bond donors (Lipinski definition) is 1. The Morgan fingerprint density at radius 2 is 2.13 bits per heavy atom. The molecule has 23 heavy (non-hydrogen) atoms. The Kier molecular flexibility index (Phi) is 5.56. The molecule has 2 aromatic rings. The number of carbonyl (C=O) groups is 1. The summed E-state index contributed by atoms with van der Waals surface area (Å²) in [6.45, 7) is 2.43. The Balaban J connectivity index is 1.80. The number of nitro groups is 1. The van der Waals surface area contributed by atoms with Crippen LogP contribution in [0, 0.1) is 10.1 Å². The van der Waals surface area contributed by atoms with Crippen molar-refractivity contribution in [2.24, 2.45) is 0 Å². The lowest BCUT2D eigenvalue weighted by molar-refractivity contribution is -0.384. The summed E-state index contributed by atoms with van der Waals surface area (Å²) in [5.41, 5.74) is -0.0466. The highest BCUT2D eigenvalue weighted by Gasteiger charge is 2.09. The fraction of sp³-hybridized carbons (Fsp3) is 0.385. The summed E-state index contributed by atoms with van der Waals surface area (Å²) in [6, 6.07) is 5.44. The molecular weight excluding hydrogens is 304 g/mol. The Labute approximate surface area is 131 Å². The second-order valence-corrected chi connectivity index (χ2v) is 4.65. The maximum Gasteiger partial charge on any atom is 0.270 e. The van der Waals surface area contributed by atoms with Gasteiger partial charge in [-0.1, -0.05) is 18.4 Å². The van der Waals surface area contributed by atoms with E-state index in [2.05, 4.69) is 27.7 Å². The minimum absolute atomic E-state index is 0.0466. The Morgan fingerprint density at radius 1 is 1.39 bits per heavy atom. The predicted octanol–water partition coefficient (Wildman–Crippen LogP) is 1.40. The van der Waals surface area contributed by atoms with Gasteiger partial charge in [-0.05, 0) is 23.8 Å². The van der Waals surface area contributed by atoms with E-state index in [4.69, 9.17) is 4.74 Å². The molecule has 0 atom stereocenters. The first-order valence-electron chi connectivity index (χ1n) is 7.03. The smallest absolute Gasteiger partial charge is 0.270 e. The summed E-state index contributed by atoms with van der Waals surface area (Å²) < 4.78 is 5.23. The molecule has 1 aromatic heterocycles. The van der Waals surface area contributed by atoms with Crippen molar-refractivity contribution in [2.75, 3.05) is 11.9 Å².